The maximum atomic E-state index is 13.4. The number of hydrogen-bond acceptors (Lipinski definition) is 3. The van der Waals surface area contributed by atoms with E-state index in [-0.39, 0.29) is 29.3 Å². The summed E-state index contributed by atoms with van der Waals surface area (Å²) in [7, 11) is 0. The molecule has 0 aromatic heterocycles. The van der Waals surface area contributed by atoms with Crippen LogP contribution >= 0.6 is 0 Å². The van der Waals surface area contributed by atoms with Crippen LogP contribution in [0.4, 0.5) is 4.39 Å². The van der Waals surface area contributed by atoms with Crippen molar-refractivity contribution in [3.8, 4) is 0 Å². The average Bonchev–Trinajstić information content (AvgIpc) is 2.95. The van der Waals surface area contributed by atoms with Gasteiger partial charge in [0.25, 0.3) is 0 Å². The molecule has 3 N–H and O–H groups in total. The van der Waals surface area contributed by atoms with Crippen molar-refractivity contribution in [2.45, 2.75) is 63.7 Å². The molecule has 134 valence electrons. The van der Waals surface area contributed by atoms with Crippen LogP contribution in [0.25, 0.3) is 0 Å². The number of carbonyl (C=O) groups excluding carboxylic acids is 2. The number of nitrogens with two attached hydrogens (primary N) is 1. The lowest BCUT2D eigenvalue weighted by molar-refractivity contribution is -0.148. The van der Waals surface area contributed by atoms with Crippen LogP contribution in [0.15, 0.2) is 0 Å². The minimum atomic E-state index is -0.808. The Bertz CT molecular complexity index is 538. The maximum Gasteiger partial charge on any atom is 0.237 e. The van der Waals surface area contributed by atoms with E-state index in [9.17, 15) is 14.0 Å². The molecule has 6 heteroatoms. The third-order valence-electron chi connectivity index (χ3n) is 7.19. The first-order valence-electron chi connectivity index (χ1n) is 9.36. The zero-order chi connectivity index (χ0) is 17.1. The predicted molar refractivity (Wildman–Crippen MR) is 87.7 cm³/mol. The summed E-state index contributed by atoms with van der Waals surface area (Å²) in [4.78, 5) is 26.6. The molecule has 4 saturated carbocycles. The van der Waals surface area contributed by atoms with Crippen molar-refractivity contribution in [1.29, 1.82) is 0 Å². The zero-order valence-electron chi connectivity index (χ0n) is 14.3. The molecule has 2 amide bonds. The van der Waals surface area contributed by atoms with Crippen molar-refractivity contribution in [2.75, 3.05) is 13.1 Å². The Kier molecular flexibility index (Phi) is 3.86. The highest BCUT2D eigenvalue weighted by Crippen LogP contribution is 2.59. The molecule has 5 rings (SSSR count). The van der Waals surface area contributed by atoms with Crippen molar-refractivity contribution >= 4 is 11.8 Å². The molecule has 7 atom stereocenters. The Labute approximate surface area is 142 Å². The summed E-state index contributed by atoms with van der Waals surface area (Å²) in [6, 6.07) is -0.124. The summed E-state index contributed by atoms with van der Waals surface area (Å²) in [5.74, 6) is 1.19. The molecule has 1 aliphatic heterocycles. The van der Waals surface area contributed by atoms with Gasteiger partial charge < -0.3 is 11.1 Å². The quantitative estimate of drug-likeness (QED) is 0.810. The van der Waals surface area contributed by atoms with Gasteiger partial charge in [0.15, 0.2) is 0 Å². The Hall–Kier alpha value is -1.17. The molecule has 0 spiro atoms. The summed E-state index contributed by atoms with van der Waals surface area (Å²) in [5.41, 5.74) is 5.39. The van der Waals surface area contributed by atoms with E-state index in [4.69, 9.17) is 5.73 Å². The van der Waals surface area contributed by atoms with Crippen LogP contribution in [-0.4, -0.2) is 48.1 Å². The van der Waals surface area contributed by atoms with Crippen LogP contribution in [-0.2, 0) is 9.59 Å². The van der Waals surface area contributed by atoms with Gasteiger partial charge in [-0.1, -0.05) is 0 Å². The molecule has 24 heavy (non-hydrogen) atoms. The highest BCUT2D eigenvalue weighted by atomic mass is 19.1. The molecule has 1 saturated heterocycles. The molecule has 1 heterocycles. The standard InChI is InChI=1S/C18H28FN3O2/c1-10(22-3-2-14(19)9-22)16(23)21-15-12-4-11-5-13(15)8-18(6-11,7-12)17(20)24/h10-15H,2-9H2,1H3,(H2,20,24)(H,21,23)/t10?,11?,12-,13+,14?,15?,18?. The molecule has 5 aliphatic rings. The number of halogens is 1. The smallest absolute Gasteiger partial charge is 0.237 e. The van der Waals surface area contributed by atoms with Crippen LogP contribution in [0.3, 0.4) is 0 Å². The molecule has 0 radical (unpaired) electrons. The number of nitrogens with zero attached hydrogens (tertiary/aromatic N) is 1. The molecule has 4 bridgehead atoms. The number of hydrogen-bond donors (Lipinski definition) is 2. The first-order chi connectivity index (χ1) is 11.4. The topological polar surface area (TPSA) is 75.4 Å². The van der Waals surface area contributed by atoms with Crippen LogP contribution in [0.2, 0.25) is 0 Å². The first kappa shape index (κ1) is 16.3. The molecule has 4 aliphatic carbocycles. The van der Waals surface area contributed by atoms with Crippen molar-refractivity contribution in [3.05, 3.63) is 0 Å². The van der Waals surface area contributed by atoms with Gasteiger partial charge in [-0.2, -0.15) is 0 Å². The lowest BCUT2D eigenvalue weighted by Gasteiger charge is -2.59. The monoisotopic (exact) mass is 337 g/mol. The van der Waals surface area contributed by atoms with E-state index < -0.39 is 6.17 Å². The van der Waals surface area contributed by atoms with E-state index in [1.807, 2.05) is 11.8 Å². The van der Waals surface area contributed by atoms with Gasteiger partial charge >= 0.3 is 0 Å². The predicted octanol–water partition coefficient (Wildman–Crippen LogP) is 1.22. The number of carbonyl (C=O) groups is 2. The maximum absolute atomic E-state index is 13.4. The average molecular weight is 337 g/mol. The summed E-state index contributed by atoms with van der Waals surface area (Å²) in [6.45, 7) is 2.88. The second-order valence-electron chi connectivity index (χ2n) is 8.71. The van der Waals surface area contributed by atoms with Gasteiger partial charge in [0.05, 0.1) is 6.04 Å². The number of primary amides is 1. The molecular formula is C18H28FN3O2. The Morgan fingerprint density at radius 2 is 1.92 bits per heavy atom. The lowest BCUT2D eigenvalue weighted by atomic mass is 9.47. The van der Waals surface area contributed by atoms with E-state index in [1.165, 1.54) is 0 Å². The first-order valence-corrected chi connectivity index (χ1v) is 9.36. The third kappa shape index (κ3) is 2.54. The van der Waals surface area contributed by atoms with E-state index in [2.05, 4.69) is 5.32 Å². The minimum Gasteiger partial charge on any atom is -0.369 e. The number of nitrogens with one attached hydrogen (secondary N) is 1. The molecule has 5 fully saturated rings. The summed E-state index contributed by atoms with van der Waals surface area (Å²) < 4.78 is 13.4. The third-order valence-corrected chi connectivity index (χ3v) is 7.19. The number of alkyl halides is 1. The largest absolute Gasteiger partial charge is 0.369 e. The van der Waals surface area contributed by atoms with Crippen molar-refractivity contribution in [3.63, 3.8) is 0 Å². The Morgan fingerprint density at radius 3 is 2.46 bits per heavy atom. The summed E-state index contributed by atoms with van der Waals surface area (Å²) >= 11 is 0. The number of rotatable bonds is 4. The SMILES string of the molecule is CC(C(=O)NC1[C@@H]2CC3C[C@H]1CC(C(N)=O)(C3)C2)N1CCC(F)C1. The number of amides is 2. The minimum absolute atomic E-state index is 0.00898. The van der Waals surface area contributed by atoms with Crippen LogP contribution in [0, 0.1) is 23.2 Å². The van der Waals surface area contributed by atoms with E-state index in [0.717, 1.165) is 32.1 Å². The van der Waals surface area contributed by atoms with Gasteiger partial charge in [-0.25, -0.2) is 4.39 Å². The Balaban J connectivity index is 1.43. The molecule has 0 aromatic carbocycles. The van der Waals surface area contributed by atoms with Gasteiger partial charge in [-0.05, 0) is 63.2 Å². The lowest BCUT2D eigenvalue weighted by Crippen LogP contribution is -2.63. The van der Waals surface area contributed by atoms with Crippen LogP contribution in [0.5, 0.6) is 0 Å². The normalized spacial score (nSPS) is 45.3. The van der Waals surface area contributed by atoms with Gasteiger partial charge in [0.1, 0.15) is 6.17 Å². The Morgan fingerprint density at radius 1 is 1.25 bits per heavy atom. The van der Waals surface area contributed by atoms with Crippen molar-refractivity contribution < 1.29 is 14.0 Å². The van der Waals surface area contributed by atoms with E-state index in [0.29, 0.717) is 37.3 Å². The fourth-order valence-corrected chi connectivity index (χ4v) is 6.11. The molecular weight excluding hydrogens is 309 g/mol. The fourth-order valence-electron chi connectivity index (χ4n) is 6.11. The van der Waals surface area contributed by atoms with Crippen molar-refractivity contribution in [2.24, 2.45) is 28.9 Å². The summed E-state index contributed by atoms with van der Waals surface area (Å²) in [6.07, 6.45) is 4.50. The molecule has 0 aromatic rings. The summed E-state index contributed by atoms with van der Waals surface area (Å²) in [5, 5.41) is 3.25. The van der Waals surface area contributed by atoms with Crippen molar-refractivity contribution in [1.82, 2.24) is 10.2 Å². The molecule has 5 unspecified atom stereocenters. The van der Waals surface area contributed by atoms with Gasteiger partial charge in [0.2, 0.25) is 11.8 Å². The molecule has 5 nitrogen and oxygen atoms in total. The second-order valence-corrected chi connectivity index (χ2v) is 8.71. The second kappa shape index (κ2) is 5.68. The van der Waals surface area contributed by atoms with Gasteiger partial charge in [0, 0.05) is 24.5 Å². The fraction of sp³-hybridized carbons (Fsp3) is 0.889. The van der Waals surface area contributed by atoms with E-state index >= 15 is 0 Å². The van der Waals surface area contributed by atoms with Gasteiger partial charge in [-0.3, -0.25) is 14.5 Å². The van der Waals surface area contributed by atoms with Crippen LogP contribution < -0.4 is 11.1 Å². The number of likely N-dealkylation sites (tertiary alicyclic amines) is 1. The highest BCUT2D eigenvalue weighted by molar-refractivity contribution is 5.83. The zero-order valence-corrected chi connectivity index (χ0v) is 14.3. The van der Waals surface area contributed by atoms with Gasteiger partial charge in [-0.15, -0.1) is 0 Å². The van der Waals surface area contributed by atoms with E-state index in [1.54, 1.807) is 0 Å². The van der Waals surface area contributed by atoms with Crippen LogP contribution in [0.1, 0.15) is 45.4 Å². The highest BCUT2D eigenvalue weighted by Gasteiger charge is 2.58.